The second-order valence-electron chi connectivity index (χ2n) is 7.68. The number of ether oxygens (including phenoxy) is 1. The van der Waals surface area contributed by atoms with Gasteiger partial charge >= 0.3 is 0 Å². The summed E-state index contributed by atoms with van der Waals surface area (Å²) in [6.45, 7) is 3.68. The maximum Gasteiger partial charge on any atom is 0.254 e. The van der Waals surface area contributed by atoms with Crippen LogP contribution in [0.4, 0.5) is 5.69 Å². The van der Waals surface area contributed by atoms with E-state index in [0.29, 0.717) is 26.2 Å². The van der Waals surface area contributed by atoms with E-state index < -0.39 is 24.0 Å². The fourth-order valence-corrected chi connectivity index (χ4v) is 3.84. The average molecular weight is 506 g/mol. The van der Waals surface area contributed by atoms with Crippen LogP contribution in [0.25, 0.3) is 0 Å². The fraction of sp³-hybridized carbons (Fsp3) is 0.391. The van der Waals surface area contributed by atoms with Crippen LogP contribution in [0.2, 0.25) is 0 Å². The molecular weight excluding hydrogens is 478 g/mol. The number of methoxy groups -OCH3 is 1. The number of rotatable bonds is 7. The van der Waals surface area contributed by atoms with Crippen LogP contribution < -0.4 is 15.0 Å². The van der Waals surface area contributed by atoms with E-state index in [9.17, 15) is 19.8 Å². The summed E-state index contributed by atoms with van der Waals surface area (Å²) in [6.07, 6.45) is -3.67. The number of aliphatic hydroxyl groups excluding tert-OH is 2. The summed E-state index contributed by atoms with van der Waals surface area (Å²) in [4.78, 5) is 28.6. The zero-order valence-electron chi connectivity index (χ0n) is 18.1. The van der Waals surface area contributed by atoms with Crippen molar-refractivity contribution in [2.75, 3.05) is 38.2 Å². The Balaban J connectivity index is 1.51. The highest BCUT2D eigenvalue weighted by atomic mass is 79.9. The number of piperazine rings is 1. The van der Waals surface area contributed by atoms with Gasteiger partial charge in [0.15, 0.2) is 12.2 Å². The van der Waals surface area contributed by atoms with E-state index in [2.05, 4.69) is 26.1 Å². The summed E-state index contributed by atoms with van der Waals surface area (Å²) in [5, 5.41) is 23.2. The number of carbonyl (C=O) groups is 2. The molecule has 1 unspecified atom stereocenters. The molecule has 0 bridgehead atoms. The van der Waals surface area contributed by atoms with E-state index in [1.807, 2.05) is 48.5 Å². The molecule has 1 saturated heterocycles. The van der Waals surface area contributed by atoms with Gasteiger partial charge in [-0.25, -0.2) is 0 Å². The lowest BCUT2D eigenvalue weighted by molar-refractivity contribution is -0.153. The summed E-state index contributed by atoms with van der Waals surface area (Å²) >= 11 is 3.35. The number of aliphatic hydroxyl groups is 2. The Bertz CT molecular complexity index is 914. The molecule has 2 aromatic rings. The van der Waals surface area contributed by atoms with Crippen LogP contribution in [0.1, 0.15) is 18.5 Å². The van der Waals surface area contributed by atoms with E-state index >= 15 is 0 Å². The molecule has 0 spiro atoms. The summed E-state index contributed by atoms with van der Waals surface area (Å²) < 4.78 is 6.08. The van der Waals surface area contributed by atoms with Crippen LogP contribution in [0.5, 0.6) is 5.75 Å². The molecule has 1 fully saturated rings. The summed E-state index contributed by atoms with van der Waals surface area (Å²) in [5.41, 5.74) is 1.85. The van der Waals surface area contributed by atoms with Crippen molar-refractivity contribution in [1.82, 2.24) is 10.2 Å². The first-order valence-electron chi connectivity index (χ1n) is 10.4. The van der Waals surface area contributed by atoms with Gasteiger partial charge in [-0.05, 0) is 48.9 Å². The molecule has 1 heterocycles. The number of halogens is 1. The zero-order chi connectivity index (χ0) is 23.3. The molecule has 0 saturated carbocycles. The van der Waals surface area contributed by atoms with E-state index in [0.717, 1.165) is 21.5 Å². The number of carbonyl (C=O) groups excluding carboxylic acids is 2. The normalized spacial score (nSPS) is 16.8. The Labute approximate surface area is 195 Å². The van der Waals surface area contributed by atoms with E-state index in [1.165, 1.54) is 4.90 Å². The number of hydrogen-bond acceptors (Lipinski definition) is 6. The highest BCUT2D eigenvalue weighted by Crippen LogP contribution is 2.21. The topological polar surface area (TPSA) is 102 Å². The van der Waals surface area contributed by atoms with Gasteiger partial charge in [0.2, 0.25) is 0 Å². The number of nitrogens with zero attached hydrogens (tertiary/aromatic N) is 2. The zero-order valence-corrected chi connectivity index (χ0v) is 19.7. The van der Waals surface area contributed by atoms with Crippen LogP contribution in [0, 0.1) is 0 Å². The largest absolute Gasteiger partial charge is 0.497 e. The molecule has 1 aliphatic rings. The molecule has 0 radical (unpaired) electrons. The maximum absolute atomic E-state index is 12.7. The maximum atomic E-state index is 12.7. The molecular formula is C23H28BrN3O5. The third-order valence-electron chi connectivity index (χ3n) is 5.58. The Morgan fingerprint density at radius 2 is 1.56 bits per heavy atom. The van der Waals surface area contributed by atoms with Gasteiger partial charge in [0.05, 0.1) is 13.2 Å². The molecule has 0 aromatic heterocycles. The van der Waals surface area contributed by atoms with Crippen molar-refractivity contribution in [3.8, 4) is 5.75 Å². The van der Waals surface area contributed by atoms with Crippen LogP contribution >= 0.6 is 15.9 Å². The summed E-state index contributed by atoms with van der Waals surface area (Å²) in [5.74, 6) is -0.677. The van der Waals surface area contributed by atoms with Gasteiger partial charge in [0.1, 0.15) is 5.75 Å². The lowest BCUT2D eigenvalue weighted by atomic mass is 10.1. The van der Waals surface area contributed by atoms with Crippen molar-refractivity contribution >= 4 is 33.4 Å². The van der Waals surface area contributed by atoms with E-state index in [4.69, 9.17) is 4.74 Å². The van der Waals surface area contributed by atoms with Crippen LogP contribution in [0.3, 0.4) is 0 Å². The molecule has 1 aliphatic heterocycles. The Kier molecular flexibility index (Phi) is 8.11. The molecule has 32 heavy (non-hydrogen) atoms. The van der Waals surface area contributed by atoms with Crippen LogP contribution in [-0.4, -0.2) is 72.4 Å². The molecule has 172 valence electrons. The minimum atomic E-state index is -1.85. The van der Waals surface area contributed by atoms with Crippen LogP contribution in [-0.2, 0) is 9.59 Å². The number of benzene rings is 2. The first-order valence-corrected chi connectivity index (χ1v) is 11.2. The third kappa shape index (κ3) is 5.79. The van der Waals surface area contributed by atoms with Gasteiger partial charge in [-0.15, -0.1) is 0 Å². The minimum Gasteiger partial charge on any atom is -0.497 e. The van der Waals surface area contributed by atoms with Crippen molar-refractivity contribution in [1.29, 1.82) is 0 Å². The van der Waals surface area contributed by atoms with Crippen molar-refractivity contribution in [2.45, 2.75) is 25.2 Å². The molecule has 0 aliphatic carbocycles. The summed E-state index contributed by atoms with van der Waals surface area (Å²) in [6, 6.07) is 14.6. The lowest BCUT2D eigenvalue weighted by Crippen LogP contribution is -2.55. The molecule has 3 atom stereocenters. The van der Waals surface area contributed by atoms with Gasteiger partial charge in [-0.3, -0.25) is 9.59 Å². The van der Waals surface area contributed by atoms with Gasteiger partial charge in [-0.1, -0.05) is 28.1 Å². The average Bonchev–Trinajstić information content (AvgIpc) is 2.83. The monoisotopic (exact) mass is 505 g/mol. The number of anilines is 1. The van der Waals surface area contributed by atoms with Crippen molar-refractivity contribution < 1.29 is 24.5 Å². The van der Waals surface area contributed by atoms with Gasteiger partial charge < -0.3 is 30.1 Å². The first-order chi connectivity index (χ1) is 15.3. The highest BCUT2D eigenvalue weighted by molar-refractivity contribution is 9.10. The Hall–Kier alpha value is -2.62. The fourth-order valence-electron chi connectivity index (χ4n) is 3.58. The smallest absolute Gasteiger partial charge is 0.254 e. The number of amides is 2. The quantitative estimate of drug-likeness (QED) is 0.529. The lowest BCUT2D eigenvalue weighted by Gasteiger charge is -2.37. The number of nitrogens with one attached hydrogen (secondary N) is 1. The van der Waals surface area contributed by atoms with E-state index in [-0.39, 0.29) is 6.04 Å². The highest BCUT2D eigenvalue weighted by Gasteiger charge is 2.35. The van der Waals surface area contributed by atoms with Crippen molar-refractivity contribution in [2.24, 2.45) is 0 Å². The van der Waals surface area contributed by atoms with Gasteiger partial charge in [-0.2, -0.15) is 0 Å². The predicted molar refractivity (Wildman–Crippen MR) is 125 cm³/mol. The summed E-state index contributed by atoms with van der Waals surface area (Å²) in [7, 11) is 1.61. The predicted octanol–water partition coefficient (Wildman–Crippen LogP) is 1.71. The van der Waals surface area contributed by atoms with Gasteiger partial charge in [0, 0.05) is 36.3 Å². The minimum absolute atomic E-state index is 0.381. The molecule has 9 heteroatoms. The second kappa shape index (κ2) is 10.8. The SMILES string of the molecule is COc1ccc(N2CCN(C(=O)[C@H](O)[C@@H](O)C(=O)NC(C)c3ccc(Br)cc3)CC2)cc1. The molecule has 2 aromatic carbocycles. The Morgan fingerprint density at radius 3 is 2.12 bits per heavy atom. The van der Waals surface area contributed by atoms with E-state index in [1.54, 1.807) is 14.0 Å². The molecule has 3 N–H and O–H groups in total. The molecule has 2 amide bonds. The first kappa shape index (κ1) is 24.0. The molecule has 8 nitrogen and oxygen atoms in total. The Morgan fingerprint density at radius 1 is 0.969 bits per heavy atom. The van der Waals surface area contributed by atoms with Crippen LogP contribution in [0.15, 0.2) is 53.0 Å². The number of hydrogen-bond donors (Lipinski definition) is 3. The molecule has 3 rings (SSSR count). The second-order valence-corrected chi connectivity index (χ2v) is 8.60. The standard InChI is InChI=1S/C23H28BrN3O5/c1-15(16-3-5-17(24)6-4-16)25-22(30)20(28)21(29)23(31)27-13-11-26(12-14-27)18-7-9-19(32-2)10-8-18/h3-10,15,20-21,28-29H,11-14H2,1-2H3,(H,25,30)/t15?,20-,21-/m1/s1. The van der Waals surface area contributed by atoms with Crippen molar-refractivity contribution in [3.05, 3.63) is 58.6 Å². The van der Waals surface area contributed by atoms with Gasteiger partial charge in [0.25, 0.3) is 11.8 Å². The van der Waals surface area contributed by atoms with Crippen molar-refractivity contribution in [3.63, 3.8) is 0 Å². The third-order valence-corrected chi connectivity index (χ3v) is 6.11.